The fourth-order valence-corrected chi connectivity index (χ4v) is 2.00. The van der Waals surface area contributed by atoms with E-state index in [0.717, 1.165) is 5.56 Å². The zero-order valence-electron chi connectivity index (χ0n) is 10.3. The number of carbonyl (C=O) groups excluding carboxylic acids is 1. The minimum atomic E-state index is -0.410. The quantitative estimate of drug-likeness (QED) is 0.811. The first-order chi connectivity index (χ1) is 9.11. The predicted octanol–water partition coefficient (Wildman–Crippen LogP) is 3.01. The first-order valence-corrected chi connectivity index (χ1v) is 6.53. The van der Waals surface area contributed by atoms with E-state index >= 15 is 0 Å². The Hall–Kier alpha value is -1.69. The van der Waals surface area contributed by atoms with Crippen LogP contribution in [0.1, 0.15) is 22.8 Å². The van der Waals surface area contributed by atoms with Crippen molar-refractivity contribution in [2.75, 3.05) is 6.61 Å². The number of rotatable bonds is 4. The Labute approximate surface area is 118 Å². The summed E-state index contributed by atoms with van der Waals surface area (Å²) in [4.78, 5) is 11.5. The number of esters is 1. The van der Waals surface area contributed by atoms with Crippen molar-refractivity contribution >= 4 is 21.9 Å². The van der Waals surface area contributed by atoms with E-state index in [1.54, 1.807) is 29.9 Å². The van der Waals surface area contributed by atoms with Gasteiger partial charge in [-0.05, 0) is 34.5 Å². The minimum Gasteiger partial charge on any atom is -0.462 e. The van der Waals surface area contributed by atoms with Gasteiger partial charge in [-0.15, -0.1) is 0 Å². The molecule has 4 nitrogen and oxygen atoms in total. The summed E-state index contributed by atoms with van der Waals surface area (Å²) in [7, 11) is 0. The highest BCUT2D eigenvalue weighted by Crippen LogP contribution is 2.21. The average Bonchev–Trinajstić information content (AvgIpc) is 2.84. The minimum absolute atomic E-state index is 0.319. The largest absolute Gasteiger partial charge is 0.462 e. The van der Waals surface area contributed by atoms with Gasteiger partial charge >= 0.3 is 5.97 Å². The number of hydrogen-bond acceptors (Lipinski definition) is 3. The molecule has 0 unspecified atom stereocenters. The molecule has 0 fully saturated rings. The van der Waals surface area contributed by atoms with Crippen molar-refractivity contribution in [2.45, 2.75) is 13.5 Å². The lowest BCUT2D eigenvalue weighted by Gasteiger charge is -2.05. The van der Waals surface area contributed by atoms with Crippen LogP contribution in [0.4, 0.5) is 4.39 Å². The van der Waals surface area contributed by atoms with E-state index in [1.165, 1.54) is 12.3 Å². The molecular weight excluding hydrogens is 315 g/mol. The Kier molecular flexibility index (Phi) is 4.31. The number of nitrogens with zero attached hydrogens (tertiary/aromatic N) is 2. The Morgan fingerprint density at radius 1 is 1.53 bits per heavy atom. The molecule has 2 rings (SSSR count). The first kappa shape index (κ1) is 13.7. The molecule has 0 aliphatic heterocycles. The lowest BCUT2D eigenvalue weighted by atomic mass is 10.2. The van der Waals surface area contributed by atoms with Crippen LogP contribution in [-0.4, -0.2) is 22.4 Å². The maximum Gasteiger partial charge on any atom is 0.341 e. The fourth-order valence-electron chi connectivity index (χ4n) is 1.61. The van der Waals surface area contributed by atoms with Crippen LogP contribution in [0.5, 0.6) is 0 Å². The van der Waals surface area contributed by atoms with Crippen molar-refractivity contribution in [3.8, 4) is 0 Å². The van der Waals surface area contributed by atoms with Gasteiger partial charge in [-0.1, -0.05) is 12.1 Å². The van der Waals surface area contributed by atoms with Gasteiger partial charge in [0.2, 0.25) is 0 Å². The molecule has 0 amide bonds. The Morgan fingerprint density at radius 3 is 3.05 bits per heavy atom. The summed E-state index contributed by atoms with van der Waals surface area (Å²) < 4.78 is 20.2. The van der Waals surface area contributed by atoms with Gasteiger partial charge in [0.15, 0.2) is 0 Å². The van der Waals surface area contributed by atoms with Gasteiger partial charge in [-0.2, -0.15) is 5.10 Å². The third kappa shape index (κ3) is 3.20. The van der Waals surface area contributed by atoms with Gasteiger partial charge in [0.25, 0.3) is 0 Å². The topological polar surface area (TPSA) is 44.1 Å². The summed E-state index contributed by atoms with van der Waals surface area (Å²) in [5.74, 6) is -0.734. The molecule has 0 atom stereocenters. The summed E-state index contributed by atoms with van der Waals surface area (Å²) in [5, 5.41) is 4.06. The zero-order chi connectivity index (χ0) is 13.8. The summed E-state index contributed by atoms with van der Waals surface area (Å²) in [6, 6.07) is 4.80. The van der Waals surface area contributed by atoms with Gasteiger partial charge < -0.3 is 4.74 Å². The molecular formula is C13H12BrFN2O2. The first-order valence-electron chi connectivity index (χ1n) is 5.74. The van der Waals surface area contributed by atoms with E-state index in [0.29, 0.717) is 23.2 Å². The van der Waals surface area contributed by atoms with Crippen LogP contribution in [0.25, 0.3) is 0 Å². The van der Waals surface area contributed by atoms with Crippen molar-refractivity contribution in [2.24, 2.45) is 0 Å². The van der Waals surface area contributed by atoms with Gasteiger partial charge in [-0.3, -0.25) is 4.68 Å². The van der Waals surface area contributed by atoms with E-state index in [-0.39, 0.29) is 5.82 Å². The zero-order valence-corrected chi connectivity index (χ0v) is 11.9. The van der Waals surface area contributed by atoms with Crippen molar-refractivity contribution in [3.05, 3.63) is 52.0 Å². The van der Waals surface area contributed by atoms with E-state index in [1.807, 2.05) is 0 Å². The maximum absolute atomic E-state index is 13.4. The molecule has 0 saturated carbocycles. The number of carbonyl (C=O) groups is 1. The van der Waals surface area contributed by atoms with E-state index in [4.69, 9.17) is 4.74 Å². The molecule has 0 N–H and O–H groups in total. The van der Waals surface area contributed by atoms with Crippen molar-refractivity contribution in [1.29, 1.82) is 0 Å². The standard InChI is InChI=1S/C13H12BrFN2O2/c1-2-19-13(18)10-6-16-17(8-10)7-9-4-3-5-11(15)12(9)14/h3-6,8H,2,7H2,1H3. The van der Waals surface area contributed by atoms with Crippen LogP contribution in [-0.2, 0) is 11.3 Å². The van der Waals surface area contributed by atoms with E-state index in [9.17, 15) is 9.18 Å². The van der Waals surface area contributed by atoms with Crippen LogP contribution in [0, 0.1) is 5.82 Å². The molecule has 19 heavy (non-hydrogen) atoms. The summed E-state index contributed by atoms with van der Waals surface area (Å²) in [6.07, 6.45) is 3.01. The van der Waals surface area contributed by atoms with Crippen LogP contribution in [0.2, 0.25) is 0 Å². The van der Waals surface area contributed by atoms with Gasteiger partial charge in [0, 0.05) is 6.20 Å². The molecule has 2 aromatic rings. The highest BCUT2D eigenvalue weighted by atomic mass is 79.9. The van der Waals surface area contributed by atoms with Crippen LogP contribution in [0.15, 0.2) is 35.1 Å². The van der Waals surface area contributed by atoms with Crippen LogP contribution < -0.4 is 0 Å². The Bertz CT molecular complexity index is 598. The van der Waals surface area contributed by atoms with Crippen molar-refractivity contribution in [1.82, 2.24) is 9.78 Å². The molecule has 0 aliphatic rings. The second-order valence-corrected chi connectivity index (χ2v) is 4.65. The molecule has 1 aromatic heterocycles. The molecule has 0 aliphatic carbocycles. The molecule has 0 radical (unpaired) electrons. The van der Waals surface area contributed by atoms with Gasteiger partial charge in [0.1, 0.15) is 5.82 Å². The summed E-state index contributed by atoms with van der Waals surface area (Å²) in [5.41, 5.74) is 1.13. The van der Waals surface area contributed by atoms with Crippen LogP contribution >= 0.6 is 15.9 Å². The summed E-state index contributed by atoms with van der Waals surface area (Å²) >= 11 is 3.19. The maximum atomic E-state index is 13.4. The van der Waals surface area contributed by atoms with Crippen molar-refractivity contribution in [3.63, 3.8) is 0 Å². The highest BCUT2D eigenvalue weighted by Gasteiger charge is 2.11. The van der Waals surface area contributed by atoms with Crippen molar-refractivity contribution < 1.29 is 13.9 Å². The SMILES string of the molecule is CCOC(=O)c1cnn(Cc2cccc(F)c2Br)c1. The number of halogens is 2. The monoisotopic (exact) mass is 326 g/mol. The van der Waals surface area contributed by atoms with Crippen LogP contribution in [0.3, 0.4) is 0 Å². The second-order valence-electron chi connectivity index (χ2n) is 3.86. The lowest BCUT2D eigenvalue weighted by Crippen LogP contribution is -2.04. The predicted molar refractivity (Wildman–Crippen MR) is 71.4 cm³/mol. The number of aromatic nitrogens is 2. The highest BCUT2D eigenvalue weighted by molar-refractivity contribution is 9.10. The Balaban J connectivity index is 2.16. The lowest BCUT2D eigenvalue weighted by molar-refractivity contribution is 0.0526. The fraction of sp³-hybridized carbons (Fsp3) is 0.231. The average molecular weight is 327 g/mol. The molecule has 0 spiro atoms. The molecule has 6 heteroatoms. The normalized spacial score (nSPS) is 10.5. The van der Waals surface area contributed by atoms with Gasteiger partial charge in [0.05, 0.1) is 29.4 Å². The van der Waals surface area contributed by atoms with Gasteiger partial charge in [-0.25, -0.2) is 9.18 Å². The molecule has 0 saturated heterocycles. The number of hydrogen-bond donors (Lipinski definition) is 0. The number of ether oxygens (including phenoxy) is 1. The molecule has 0 bridgehead atoms. The molecule has 1 aromatic carbocycles. The smallest absolute Gasteiger partial charge is 0.341 e. The molecule has 1 heterocycles. The van der Waals surface area contributed by atoms with E-state index in [2.05, 4.69) is 21.0 Å². The molecule has 100 valence electrons. The second kappa shape index (κ2) is 5.97. The third-order valence-electron chi connectivity index (χ3n) is 2.51. The van der Waals surface area contributed by atoms with E-state index < -0.39 is 5.97 Å². The number of benzene rings is 1. The Morgan fingerprint density at radius 2 is 2.32 bits per heavy atom. The third-order valence-corrected chi connectivity index (χ3v) is 3.40. The summed E-state index contributed by atoms with van der Waals surface area (Å²) in [6.45, 7) is 2.43.